The maximum atomic E-state index is 10.8. The summed E-state index contributed by atoms with van der Waals surface area (Å²) in [6.07, 6.45) is 2.14. The normalized spacial score (nSPS) is 16.4. The van der Waals surface area contributed by atoms with Gasteiger partial charge in [-0.15, -0.1) is 0 Å². The van der Waals surface area contributed by atoms with Gasteiger partial charge in [0.2, 0.25) is 0 Å². The van der Waals surface area contributed by atoms with Gasteiger partial charge in [-0.3, -0.25) is 4.90 Å². The summed E-state index contributed by atoms with van der Waals surface area (Å²) >= 11 is 0. The Hall–Kier alpha value is -1.52. The molecular formula is C8H11NO4. The fraction of sp³-hybridized carbons (Fsp3) is 0.500. The number of amides is 1. The van der Waals surface area contributed by atoms with E-state index in [2.05, 4.69) is 9.47 Å². The molecule has 1 aliphatic rings. The summed E-state index contributed by atoms with van der Waals surface area (Å²) in [4.78, 5) is 23.0. The van der Waals surface area contributed by atoms with E-state index in [9.17, 15) is 9.59 Å². The van der Waals surface area contributed by atoms with Crippen LogP contribution in [-0.2, 0) is 14.3 Å². The van der Waals surface area contributed by atoms with E-state index in [-0.39, 0.29) is 0 Å². The molecule has 5 nitrogen and oxygen atoms in total. The summed E-state index contributed by atoms with van der Waals surface area (Å²) in [6, 6.07) is 0. The Morgan fingerprint density at radius 1 is 1.77 bits per heavy atom. The second-order valence-electron chi connectivity index (χ2n) is 2.38. The van der Waals surface area contributed by atoms with E-state index >= 15 is 0 Å². The number of hydrogen-bond donors (Lipinski definition) is 0. The second kappa shape index (κ2) is 4.49. The summed E-state index contributed by atoms with van der Waals surface area (Å²) in [5.41, 5.74) is 0. The molecule has 0 spiro atoms. The molecule has 0 aliphatic carbocycles. The van der Waals surface area contributed by atoms with Crippen LogP contribution in [0.5, 0.6) is 0 Å². The minimum atomic E-state index is -0.456. The fourth-order valence-corrected chi connectivity index (χ4v) is 0.882. The first kappa shape index (κ1) is 9.57. The molecule has 13 heavy (non-hydrogen) atoms. The Morgan fingerprint density at radius 2 is 2.54 bits per heavy atom. The first-order valence-corrected chi connectivity index (χ1v) is 4.02. The fourth-order valence-electron chi connectivity index (χ4n) is 0.882. The smallest absolute Gasteiger partial charge is 0.413 e. The predicted molar refractivity (Wildman–Crippen MR) is 43.8 cm³/mol. The monoisotopic (exact) mass is 185 g/mol. The van der Waals surface area contributed by atoms with Crippen molar-refractivity contribution in [3.63, 3.8) is 0 Å². The van der Waals surface area contributed by atoms with Crippen LogP contribution in [0.3, 0.4) is 0 Å². The lowest BCUT2D eigenvalue weighted by molar-refractivity contribution is -0.137. The highest BCUT2D eigenvalue weighted by atomic mass is 16.6. The van der Waals surface area contributed by atoms with Gasteiger partial charge in [0.15, 0.2) is 0 Å². The topological polar surface area (TPSA) is 55.8 Å². The third kappa shape index (κ3) is 2.77. The van der Waals surface area contributed by atoms with Crippen LogP contribution in [0.25, 0.3) is 0 Å². The second-order valence-corrected chi connectivity index (χ2v) is 2.38. The molecule has 1 fully saturated rings. The van der Waals surface area contributed by atoms with E-state index in [1.807, 2.05) is 0 Å². The van der Waals surface area contributed by atoms with Gasteiger partial charge in [-0.1, -0.05) is 0 Å². The summed E-state index contributed by atoms with van der Waals surface area (Å²) in [5.74, 6) is -0.456. The van der Waals surface area contributed by atoms with Crippen LogP contribution in [0.15, 0.2) is 12.3 Å². The van der Waals surface area contributed by atoms with Crippen molar-refractivity contribution >= 4 is 12.1 Å². The minimum Gasteiger partial charge on any atom is -0.463 e. The number of carbonyl (C=O) groups excluding carboxylic acids is 2. The number of ether oxygens (including phenoxy) is 2. The molecule has 0 radical (unpaired) electrons. The number of rotatable bonds is 3. The van der Waals surface area contributed by atoms with E-state index in [1.54, 1.807) is 6.92 Å². The van der Waals surface area contributed by atoms with Gasteiger partial charge in [-0.2, -0.15) is 0 Å². The molecular weight excluding hydrogens is 174 g/mol. The Labute approximate surface area is 75.9 Å². The van der Waals surface area contributed by atoms with Crippen molar-refractivity contribution in [2.45, 2.75) is 6.92 Å². The lowest BCUT2D eigenvalue weighted by Crippen LogP contribution is -2.17. The van der Waals surface area contributed by atoms with Gasteiger partial charge in [0.25, 0.3) is 0 Å². The lowest BCUT2D eigenvalue weighted by Gasteiger charge is -2.03. The van der Waals surface area contributed by atoms with Gasteiger partial charge >= 0.3 is 12.1 Å². The van der Waals surface area contributed by atoms with Crippen LogP contribution in [0.1, 0.15) is 6.92 Å². The number of esters is 1. The molecule has 0 unspecified atom stereocenters. The highest BCUT2D eigenvalue weighted by Gasteiger charge is 2.19. The van der Waals surface area contributed by atoms with Crippen molar-refractivity contribution in [3.8, 4) is 0 Å². The molecule has 1 saturated heterocycles. The largest absolute Gasteiger partial charge is 0.463 e. The van der Waals surface area contributed by atoms with E-state index in [0.717, 1.165) is 0 Å². The number of hydrogen-bond acceptors (Lipinski definition) is 4. The van der Waals surface area contributed by atoms with Gasteiger partial charge < -0.3 is 9.47 Å². The summed E-state index contributed by atoms with van der Waals surface area (Å²) in [7, 11) is 0. The molecule has 0 bridgehead atoms. The van der Waals surface area contributed by atoms with Crippen LogP contribution >= 0.6 is 0 Å². The molecule has 1 heterocycles. The van der Waals surface area contributed by atoms with E-state index in [0.29, 0.717) is 19.8 Å². The van der Waals surface area contributed by atoms with Crippen molar-refractivity contribution in [2.75, 3.05) is 19.8 Å². The average molecular weight is 185 g/mol. The van der Waals surface area contributed by atoms with Crippen LogP contribution in [-0.4, -0.2) is 36.7 Å². The lowest BCUT2D eigenvalue weighted by atomic mass is 10.5. The maximum Gasteiger partial charge on any atom is 0.413 e. The van der Waals surface area contributed by atoms with Crippen molar-refractivity contribution in [1.29, 1.82) is 0 Å². The zero-order valence-electron chi connectivity index (χ0n) is 7.36. The average Bonchev–Trinajstić information content (AvgIpc) is 2.48. The highest BCUT2D eigenvalue weighted by Crippen LogP contribution is 2.03. The van der Waals surface area contributed by atoms with E-state index in [1.165, 1.54) is 17.2 Å². The van der Waals surface area contributed by atoms with Gasteiger partial charge in [-0.25, -0.2) is 9.59 Å². The molecule has 1 rings (SSSR count). The molecule has 0 aromatic rings. The van der Waals surface area contributed by atoms with E-state index < -0.39 is 12.1 Å². The SMILES string of the molecule is CCOC(=O)/C=C/N1CCOC1=O. The molecule has 0 aromatic carbocycles. The summed E-state index contributed by atoms with van der Waals surface area (Å²) in [5, 5.41) is 0. The van der Waals surface area contributed by atoms with E-state index in [4.69, 9.17) is 0 Å². The standard InChI is InChI=1S/C8H11NO4/c1-2-12-7(10)3-4-9-5-6-13-8(9)11/h3-4H,2,5-6H2,1H3/b4-3+. The quantitative estimate of drug-likeness (QED) is 0.475. The molecule has 0 atom stereocenters. The number of cyclic esters (lactones) is 1. The molecule has 0 N–H and O–H groups in total. The van der Waals surface area contributed by atoms with Gasteiger partial charge in [0, 0.05) is 12.3 Å². The minimum absolute atomic E-state index is 0.327. The Balaban J connectivity index is 2.38. The first-order chi connectivity index (χ1) is 6.24. The summed E-state index contributed by atoms with van der Waals surface area (Å²) < 4.78 is 9.27. The van der Waals surface area contributed by atoms with Crippen molar-refractivity contribution in [2.24, 2.45) is 0 Å². The predicted octanol–water partition coefficient (Wildman–Crippen LogP) is 0.515. The van der Waals surface area contributed by atoms with Crippen LogP contribution < -0.4 is 0 Å². The first-order valence-electron chi connectivity index (χ1n) is 4.02. The molecule has 5 heteroatoms. The van der Waals surface area contributed by atoms with Crippen molar-refractivity contribution in [3.05, 3.63) is 12.3 Å². The number of nitrogens with zero attached hydrogens (tertiary/aromatic N) is 1. The van der Waals surface area contributed by atoms with Crippen molar-refractivity contribution in [1.82, 2.24) is 4.90 Å². The molecule has 1 aliphatic heterocycles. The zero-order valence-corrected chi connectivity index (χ0v) is 7.36. The zero-order chi connectivity index (χ0) is 9.68. The van der Waals surface area contributed by atoms with Gasteiger partial charge in [-0.05, 0) is 6.92 Å². The van der Waals surface area contributed by atoms with Crippen LogP contribution in [0.2, 0.25) is 0 Å². The summed E-state index contributed by atoms with van der Waals surface area (Å²) in [6.45, 7) is 2.89. The highest BCUT2D eigenvalue weighted by molar-refractivity contribution is 5.82. The molecule has 0 saturated carbocycles. The van der Waals surface area contributed by atoms with Gasteiger partial charge in [0.05, 0.1) is 13.2 Å². The Morgan fingerprint density at radius 3 is 3.08 bits per heavy atom. The van der Waals surface area contributed by atoms with Crippen LogP contribution in [0, 0.1) is 0 Å². The third-order valence-electron chi connectivity index (χ3n) is 1.47. The van der Waals surface area contributed by atoms with Crippen molar-refractivity contribution < 1.29 is 19.1 Å². The maximum absolute atomic E-state index is 10.8. The number of carbonyl (C=O) groups is 2. The van der Waals surface area contributed by atoms with Crippen LogP contribution in [0.4, 0.5) is 4.79 Å². The third-order valence-corrected chi connectivity index (χ3v) is 1.47. The Bertz CT molecular complexity index is 236. The van der Waals surface area contributed by atoms with Gasteiger partial charge in [0.1, 0.15) is 6.61 Å². The molecule has 0 aromatic heterocycles. The molecule has 72 valence electrons. The molecule has 1 amide bonds. The Kier molecular flexibility index (Phi) is 3.31.